The Morgan fingerprint density at radius 3 is 2.59 bits per heavy atom. The smallest absolute Gasteiger partial charge is 0.195 e. The van der Waals surface area contributed by atoms with Crippen LogP contribution in [-0.4, -0.2) is 38.4 Å². The number of benzene rings is 1. The van der Waals surface area contributed by atoms with E-state index in [2.05, 4.69) is 27.7 Å². The summed E-state index contributed by atoms with van der Waals surface area (Å²) in [6.45, 7) is 9.26. The number of aromatic nitrogens is 1. The molecule has 0 saturated carbocycles. The molecule has 1 atom stereocenters. The number of hydrogen-bond acceptors (Lipinski definition) is 5. The minimum absolute atomic E-state index is 0. The molecule has 1 unspecified atom stereocenters. The summed E-state index contributed by atoms with van der Waals surface area (Å²) >= 11 is 0. The molecule has 150 valence electrons. The number of aryl methyl sites for hydroxylation is 2. The zero-order chi connectivity index (χ0) is 19.1. The third-order valence-corrected chi connectivity index (χ3v) is 4.11. The fraction of sp³-hybridized carbons (Fsp3) is 0.474. The Balaban J connectivity index is 0.00000364. The van der Waals surface area contributed by atoms with Gasteiger partial charge in [-0.05, 0) is 32.9 Å². The van der Waals surface area contributed by atoms with E-state index in [0.29, 0.717) is 24.9 Å². The Bertz CT molecular complexity index is 742. The third-order valence-electron chi connectivity index (χ3n) is 4.11. The highest BCUT2D eigenvalue weighted by atomic mass is 127. The van der Waals surface area contributed by atoms with Crippen molar-refractivity contribution in [3.8, 4) is 11.5 Å². The van der Waals surface area contributed by atoms with E-state index in [1.807, 2.05) is 39.0 Å². The Labute approximate surface area is 177 Å². The molecule has 1 heterocycles. The highest BCUT2D eigenvalue weighted by molar-refractivity contribution is 14.0. The van der Waals surface area contributed by atoms with Gasteiger partial charge in [0.25, 0.3) is 0 Å². The van der Waals surface area contributed by atoms with Gasteiger partial charge in [0.1, 0.15) is 5.76 Å². The van der Waals surface area contributed by atoms with Crippen molar-refractivity contribution >= 4 is 35.6 Å². The van der Waals surface area contributed by atoms with Crippen LogP contribution in [0, 0.1) is 13.8 Å². The lowest BCUT2D eigenvalue weighted by molar-refractivity contribution is 0.311. The number of rotatable bonds is 7. The highest BCUT2D eigenvalue weighted by Gasteiger charge is 2.16. The van der Waals surface area contributed by atoms with Crippen molar-refractivity contribution in [3.63, 3.8) is 0 Å². The summed E-state index contributed by atoms with van der Waals surface area (Å²) in [6.07, 6.45) is 0. The summed E-state index contributed by atoms with van der Waals surface area (Å²) in [5.74, 6) is 3.17. The second-order valence-corrected chi connectivity index (χ2v) is 6.02. The fourth-order valence-corrected chi connectivity index (χ4v) is 2.88. The van der Waals surface area contributed by atoms with Gasteiger partial charge < -0.3 is 24.6 Å². The monoisotopic (exact) mass is 488 g/mol. The van der Waals surface area contributed by atoms with Crippen molar-refractivity contribution in [1.82, 2.24) is 10.5 Å². The van der Waals surface area contributed by atoms with Crippen LogP contribution in [0.4, 0.5) is 5.69 Å². The van der Waals surface area contributed by atoms with E-state index in [4.69, 9.17) is 14.0 Å². The van der Waals surface area contributed by atoms with Crippen LogP contribution in [0.15, 0.2) is 27.7 Å². The van der Waals surface area contributed by atoms with E-state index in [1.54, 1.807) is 14.2 Å². The summed E-state index contributed by atoms with van der Waals surface area (Å²) in [4.78, 5) is 4.28. The van der Waals surface area contributed by atoms with Gasteiger partial charge in [0.15, 0.2) is 17.5 Å². The molecule has 7 nitrogen and oxygen atoms in total. The number of guanidine groups is 1. The zero-order valence-electron chi connectivity index (χ0n) is 16.8. The van der Waals surface area contributed by atoms with Gasteiger partial charge in [0, 0.05) is 36.8 Å². The van der Waals surface area contributed by atoms with Gasteiger partial charge in [0.05, 0.1) is 19.4 Å². The molecule has 0 fully saturated rings. The number of aliphatic imine (C=N–C) groups is 1. The second kappa shape index (κ2) is 11.0. The first kappa shape index (κ1) is 23.1. The van der Waals surface area contributed by atoms with Crippen molar-refractivity contribution in [1.29, 1.82) is 0 Å². The Kier molecular flexibility index (Phi) is 9.40. The second-order valence-electron chi connectivity index (χ2n) is 6.02. The number of anilines is 1. The first-order valence-electron chi connectivity index (χ1n) is 8.71. The molecule has 0 bridgehead atoms. The van der Waals surface area contributed by atoms with Crippen molar-refractivity contribution < 1.29 is 14.0 Å². The molecule has 0 aliphatic carbocycles. The Morgan fingerprint density at radius 1 is 1.30 bits per heavy atom. The normalized spacial score (nSPS) is 12.1. The Morgan fingerprint density at radius 2 is 2.04 bits per heavy atom. The predicted molar refractivity (Wildman–Crippen MR) is 119 cm³/mol. The molecule has 0 aliphatic heterocycles. The highest BCUT2D eigenvalue weighted by Crippen LogP contribution is 2.30. The van der Waals surface area contributed by atoms with Crippen molar-refractivity contribution in [3.05, 3.63) is 35.2 Å². The maximum atomic E-state index is 5.54. The first-order valence-corrected chi connectivity index (χ1v) is 8.71. The molecular formula is C19H29IN4O3. The van der Waals surface area contributed by atoms with Crippen LogP contribution in [0.2, 0.25) is 0 Å². The minimum Gasteiger partial charge on any atom is -0.493 e. The van der Waals surface area contributed by atoms with E-state index < -0.39 is 0 Å². The number of hydrogen-bond donors (Lipinski definition) is 2. The number of halogens is 1. The summed E-state index contributed by atoms with van der Waals surface area (Å²) < 4.78 is 16.2. The molecule has 2 aromatic rings. The summed E-state index contributed by atoms with van der Waals surface area (Å²) in [6, 6.07) is 5.69. The number of nitrogens with zero attached hydrogens (tertiary/aromatic N) is 2. The average Bonchev–Trinajstić information content (AvgIpc) is 2.98. The summed E-state index contributed by atoms with van der Waals surface area (Å²) in [7, 11) is 3.36. The van der Waals surface area contributed by atoms with Crippen LogP contribution < -0.4 is 20.1 Å². The third kappa shape index (κ3) is 6.02. The van der Waals surface area contributed by atoms with Gasteiger partial charge >= 0.3 is 0 Å². The predicted octanol–water partition coefficient (Wildman–Crippen LogP) is 4.11. The van der Waals surface area contributed by atoms with Gasteiger partial charge in [-0.15, -0.1) is 24.0 Å². The quantitative estimate of drug-likeness (QED) is 0.347. The topological polar surface area (TPSA) is 80.9 Å². The lowest BCUT2D eigenvalue weighted by atomic mass is 10.00. The summed E-state index contributed by atoms with van der Waals surface area (Å²) in [5, 5.41) is 10.6. The van der Waals surface area contributed by atoms with Crippen molar-refractivity contribution in [2.24, 2.45) is 4.99 Å². The van der Waals surface area contributed by atoms with Gasteiger partial charge in [-0.2, -0.15) is 0 Å². The molecule has 0 aliphatic rings. The van der Waals surface area contributed by atoms with Crippen LogP contribution in [0.3, 0.4) is 0 Å². The van der Waals surface area contributed by atoms with Gasteiger partial charge in [-0.25, -0.2) is 0 Å². The number of ether oxygens (including phenoxy) is 2. The van der Waals surface area contributed by atoms with Crippen LogP contribution >= 0.6 is 24.0 Å². The van der Waals surface area contributed by atoms with Crippen molar-refractivity contribution in [2.45, 2.75) is 33.6 Å². The molecule has 1 aromatic heterocycles. The molecule has 0 radical (unpaired) electrons. The van der Waals surface area contributed by atoms with E-state index in [-0.39, 0.29) is 29.9 Å². The SMILES string of the molecule is CCOc1ccc(NC(=NC)NCC(C)c2c(C)noc2C)cc1OC.I. The average molecular weight is 488 g/mol. The molecule has 0 amide bonds. The molecule has 1 aromatic carbocycles. The maximum Gasteiger partial charge on any atom is 0.195 e. The van der Waals surface area contributed by atoms with Crippen molar-refractivity contribution in [2.75, 3.05) is 32.6 Å². The van der Waals surface area contributed by atoms with Gasteiger partial charge in [0.2, 0.25) is 0 Å². The number of nitrogens with one attached hydrogen (secondary N) is 2. The molecule has 2 N–H and O–H groups in total. The number of methoxy groups -OCH3 is 1. The zero-order valence-corrected chi connectivity index (χ0v) is 19.1. The lowest BCUT2D eigenvalue weighted by Gasteiger charge is -2.17. The van der Waals surface area contributed by atoms with E-state index in [0.717, 1.165) is 28.5 Å². The van der Waals surface area contributed by atoms with Gasteiger partial charge in [-0.3, -0.25) is 4.99 Å². The van der Waals surface area contributed by atoms with Crippen LogP contribution in [0.1, 0.15) is 36.8 Å². The molecule has 2 rings (SSSR count). The van der Waals surface area contributed by atoms with Crippen LogP contribution in [-0.2, 0) is 0 Å². The molecule has 27 heavy (non-hydrogen) atoms. The van der Waals surface area contributed by atoms with E-state index in [9.17, 15) is 0 Å². The lowest BCUT2D eigenvalue weighted by Crippen LogP contribution is -2.33. The van der Waals surface area contributed by atoms with Gasteiger partial charge in [-0.1, -0.05) is 12.1 Å². The molecular weight excluding hydrogens is 459 g/mol. The van der Waals surface area contributed by atoms with Crippen LogP contribution in [0.25, 0.3) is 0 Å². The minimum atomic E-state index is 0. The standard InChI is InChI=1S/C19H28N4O3.HI/c1-7-25-16-9-8-15(10-17(16)24-6)22-19(20-5)21-11-12(2)18-13(3)23-26-14(18)4;/h8-10,12H,7,11H2,1-6H3,(H2,20,21,22);1H. The molecule has 0 saturated heterocycles. The Hall–Kier alpha value is -1.97. The largest absolute Gasteiger partial charge is 0.493 e. The molecule has 8 heteroatoms. The van der Waals surface area contributed by atoms with Crippen LogP contribution in [0.5, 0.6) is 11.5 Å². The van der Waals surface area contributed by atoms with E-state index in [1.165, 1.54) is 0 Å². The maximum absolute atomic E-state index is 5.54. The fourth-order valence-electron chi connectivity index (χ4n) is 2.88. The molecule has 0 spiro atoms. The first-order chi connectivity index (χ1) is 12.5. The van der Waals surface area contributed by atoms with E-state index >= 15 is 0 Å². The summed E-state index contributed by atoms with van der Waals surface area (Å²) in [5.41, 5.74) is 2.93.